The highest BCUT2D eigenvalue weighted by atomic mass is 79.9. The Bertz CT molecular complexity index is 76.1. The van der Waals surface area contributed by atoms with Crippen molar-refractivity contribution >= 4 is 63.7 Å². The molecular weight excluding hydrogens is 392 g/mol. The Morgan fingerprint density at radius 3 is 2.20 bits per heavy atom. The zero-order chi connectivity index (χ0) is 7.98. The van der Waals surface area contributed by atoms with E-state index in [0.29, 0.717) is 9.65 Å². The van der Waals surface area contributed by atoms with E-state index < -0.39 is 0 Å². The molecule has 0 aliphatic carbocycles. The third kappa shape index (κ3) is 6.62. The number of halogens is 4. The first-order valence-corrected chi connectivity index (χ1v) is 7.01. The van der Waals surface area contributed by atoms with E-state index in [2.05, 4.69) is 70.1 Å². The first-order chi connectivity index (χ1) is 4.70. The van der Waals surface area contributed by atoms with Crippen LogP contribution in [-0.4, -0.2) is 20.3 Å². The van der Waals surface area contributed by atoms with Crippen LogP contribution in [-0.2, 0) is 0 Å². The van der Waals surface area contributed by atoms with Gasteiger partial charge < -0.3 is 0 Å². The standard InChI is InChI=1S/C6H9Br4/c7-2-1-5(9)3-6(10)4-8/h1,5-6H,2-4H2. The van der Waals surface area contributed by atoms with Gasteiger partial charge in [0.25, 0.3) is 0 Å². The fraction of sp³-hybridized carbons (Fsp3) is 0.833. The zero-order valence-electron chi connectivity index (χ0n) is 5.37. The summed E-state index contributed by atoms with van der Waals surface area (Å²) in [5.41, 5.74) is 0. The zero-order valence-corrected chi connectivity index (χ0v) is 11.7. The second-order valence-electron chi connectivity index (χ2n) is 1.89. The minimum Gasteiger partial charge on any atom is -0.0925 e. The average Bonchev–Trinajstić information content (AvgIpc) is 1.88. The molecule has 2 unspecified atom stereocenters. The quantitative estimate of drug-likeness (QED) is 0.614. The van der Waals surface area contributed by atoms with Gasteiger partial charge in [-0.25, -0.2) is 0 Å². The van der Waals surface area contributed by atoms with Crippen molar-refractivity contribution in [3.05, 3.63) is 6.42 Å². The first kappa shape index (κ1) is 11.9. The molecular formula is C6H9Br4. The highest BCUT2D eigenvalue weighted by Gasteiger charge is 2.09. The van der Waals surface area contributed by atoms with Gasteiger partial charge in [0, 0.05) is 20.3 Å². The van der Waals surface area contributed by atoms with Crippen molar-refractivity contribution in [2.75, 3.05) is 10.7 Å². The van der Waals surface area contributed by atoms with Crippen molar-refractivity contribution in [2.45, 2.75) is 16.1 Å². The van der Waals surface area contributed by atoms with Crippen LogP contribution in [0.2, 0.25) is 0 Å². The number of alkyl halides is 4. The normalized spacial score (nSPS) is 16.8. The Morgan fingerprint density at radius 1 is 1.20 bits per heavy atom. The molecule has 61 valence electrons. The van der Waals surface area contributed by atoms with Gasteiger partial charge >= 0.3 is 0 Å². The largest absolute Gasteiger partial charge is 0.0925 e. The van der Waals surface area contributed by atoms with E-state index in [1.807, 2.05) is 0 Å². The predicted octanol–water partition coefficient (Wildman–Crippen LogP) is 3.90. The fourth-order valence-corrected chi connectivity index (χ4v) is 3.26. The molecule has 0 aliphatic heterocycles. The third-order valence-electron chi connectivity index (χ3n) is 0.993. The highest BCUT2D eigenvalue weighted by molar-refractivity contribution is 9.12. The van der Waals surface area contributed by atoms with Crippen LogP contribution in [0.4, 0.5) is 0 Å². The SMILES string of the molecule is BrC[CH]C(Br)CC(Br)CBr. The fourth-order valence-electron chi connectivity index (χ4n) is 0.500. The summed E-state index contributed by atoms with van der Waals surface area (Å²) in [5.74, 6) is 0. The van der Waals surface area contributed by atoms with Gasteiger partial charge in [0.15, 0.2) is 0 Å². The van der Waals surface area contributed by atoms with Crippen LogP contribution in [0.1, 0.15) is 6.42 Å². The molecule has 4 heteroatoms. The van der Waals surface area contributed by atoms with Gasteiger partial charge in [-0.3, -0.25) is 0 Å². The van der Waals surface area contributed by atoms with Crippen molar-refractivity contribution < 1.29 is 0 Å². The van der Waals surface area contributed by atoms with Crippen molar-refractivity contribution in [2.24, 2.45) is 0 Å². The van der Waals surface area contributed by atoms with Gasteiger partial charge in [0.05, 0.1) is 0 Å². The molecule has 2 atom stereocenters. The first-order valence-electron chi connectivity index (χ1n) is 2.94. The molecule has 0 rings (SSSR count). The molecule has 0 heterocycles. The molecule has 0 amide bonds. The summed E-state index contributed by atoms with van der Waals surface area (Å²) in [6.07, 6.45) is 3.31. The minimum absolute atomic E-state index is 0.508. The van der Waals surface area contributed by atoms with Crippen LogP contribution in [0, 0.1) is 6.42 Å². The molecule has 0 aromatic carbocycles. The maximum atomic E-state index is 3.54. The van der Waals surface area contributed by atoms with Gasteiger partial charge in [-0.1, -0.05) is 63.7 Å². The second-order valence-corrected chi connectivity index (χ2v) is 5.66. The molecule has 0 spiro atoms. The smallest absolute Gasteiger partial charge is 0.0253 e. The Hall–Kier alpha value is 1.92. The Balaban J connectivity index is 3.27. The molecule has 1 radical (unpaired) electrons. The van der Waals surface area contributed by atoms with Crippen molar-refractivity contribution in [1.29, 1.82) is 0 Å². The van der Waals surface area contributed by atoms with Crippen LogP contribution in [0.15, 0.2) is 0 Å². The Morgan fingerprint density at radius 2 is 1.80 bits per heavy atom. The molecule has 0 saturated carbocycles. The van der Waals surface area contributed by atoms with Crippen molar-refractivity contribution in [3.63, 3.8) is 0 Å². The number of rotatable bonds is 5. The van der Waals surface area contributed by atoms with E-state index in [0.717, 1.165) is 17.1 Å². The van der Waals surface area contributed by atoms with Crippen molar-refractivity contribution in [1.82, 2.24) is 0 Å². The van der Waals surface area contributed by atoms with Crippen LogP contribution in [0.3, 0.4) is 0 Å². The summed E-state index contributed by atoms with van der Waals surface area (Å²) >= 11 is 13.8. The lowest BCUT2D eigenvalue weighted by molar-refractivity contribution is 0.848. The molecule has 0 fully saturated rings. The third-order valence-corrected chi connectivity index (χ3v) is 4.46. The van der Waals surface area contributed by atoms with Crippen molar-refractivity contribution in [3.8, 4) is 0 Å². The van der Waals surface area contributed by atoms with Gasteiger partial charge in [-0.15, -0.1) is 0 Å². The van der Waals surface area contributed by atoms with E-state index in [-0.39, 0.29) is 0 Å². The van der Waals surface area contributed by atoms with Gasteiger partial charge in [0.1, 0.15) is 0 Å². The summed E-state index contributed by atoms with van der Waals surface area (Å²) in [6.45, 7) is 0. The summed E-state index contributed by atoms with van der Waals surface area (Å²) in [6, 6.07) is 0. The average molecular weight is 401 g/mol. The van der Waals surface area contributed by atoms with Gasteiger partial charge in [-0.2, -0.15) is 0 Å². The maximum Gasteiger partial charge on any atom is 0.0253 e. The van der Waals surface area contributed by atoms with E-state index in [9.17, 15) is 0 Å². The van der Waals surface area contributed by atoms with E-state index >= 15 is 0 Å². The van der Waals surface area contributed by atoms with E-state index in [1.165, 1.54) is 0 Å². The van der Waals surface area contributed by atoms with Gasteiger partial charge in [-0.05, 0) is 12.8 Å². The molecule has 0 bridgehead atoms. The molecule has 0 nitrogen and oxygen atoms in total. The second kappa shape index (κ2) is 7.56. The molecule has 0 aromatic rings. The lowest BCUT2D eigenvalue weighted by atomic mass is 10.2. The minimum atomic E-state index is 0.508. The highest BCUT2D eigenvalue weighted by Crippen LogP contribution is 2.18. The molecule has 0 aliphatic rings. The monoisotopic (exact) mass is 397 g/mol. The van der Waals surface area contributed by atoms with Gasteiger partial charge in [0.2, 0.25) is 0 Å². The van der Waals surface area contributed by atoms with Crippen LogP contribution >= 0.6 is 63.7 Å². The lowest BCUT2D eigenvalue weighted by Crippen LogP contribution is -2.09. The number of hydrogen-bond acceptors (Lipinski definition) is 0. The van der Waals surface area contributed by atoms with Crippen LogP contribution in [0.5, 0.6) is 0 Å². The van der Waals surface area contributed by atoms with Crippen LogP contribution < -0.4 is 0 Å². The van der Waals surface area contributed by atoms with E-state index in [4.69, 9.17) is 0 Å². The Kier molecular flexibility index (Phi) is 9.02. The molecule has 10 heavy (non-hydrogen) atoms. The van der Waals surface area contributed by atoms with E-state index in [1.54, 1.807) is 0 Å². The summed E-state index contributed by atoms with van der Waals surface area (Å²) in [7, 11) is 0. The lowest BCUT2D eigenvalue weighted by Gasteiger charge is -2.09. The topological polar surface area (TPSA) is 0 Å². The molecule has 0 saturated heterocycles. The summed E-state index contributed by atoms with van der Waals surface area (Å²) < 4.78 is 0. The predicted molar refractivity (Wildman–Crippen MR) is 61.9 cm³/mol. The Labute approximate surface area is 96.0 Å². The molecule has 0 N–H and O–H groups in total. The summed E-state index contributed by atoms with van der Waals surface area (Å²) in [4.78, 5) is 1.07. The van der Waals surface area contributed by atoms with Crippen LogP contribution in [0.25, 0.3) is 0 Å². The maximum absolute atomic E-state index is 3.54. The molecule has 0 aromatic heterocycles. The summed E-state index contributed by atoms with van der Waals surface area (Å²) in [5, 5.41) is 1.95. The number of hydrogen-bond donors (Lipinski definition) is 0.